The number of aliphatic hydroxyl groups excluding tert-OH is 1. The predicted octanol–water partition coefficient (Wildman–Crippen LogP) is 1.78. The molecule has 0 aliphatic heterocycles. The summed E-state index contributed by atoms with van der Waals surface area (Å²) in [7, 11) is 0. The van der Waals surface area contributed by atoms with Crippen molar-refractivity contribution < 1.29 is 14.3 Å². The van der Waals surface area contributed by atoms with Crippen molar-refractivity contribution in [3.8, 4) is 0 Å². The minimum Gasteiger partial charge on any atom is -0.384 e. The van der Waals surface area contributed by atoms with Gasteiger partial charge in [0.15, 0.2) is 5.82 Å². The highest BCUT2D eigenvalue weighted by atomic mass is 79.9. The normalized spacial score (nSPS) is 12.7. The van der Waals surface area contributed by atoms with E-state index in [0.717, 1.165) is 0 Å². The molecule has 2 aromatic heterocycles. The molecular weight excluding hydrogens is 293 g/mol. The summed E-state index contributed by atoms with van der Waals surface area (Å²) in [6.07, 6.45) is 1.59. The smallest absolute Gasteiger partial charge is 0.252 e. The van der Waals surface area contributed by atoms with Crippen LogP contribution in [0.15, 0.2) is 16.9 Å². The molecule has 0 spiro atoms. The van der Waals surface area contributed by atoms with Gasteiger partial charge in [-0.05, 0) is 22.9 Å². The van der Waals surface area contributed by atoms with Crippen molar-refractivity contribution in [2.75, 3.05) is 5.32 Å². The van der Waals surface area contributed by atoms with E-state index in [0.29, 0.717) is 5.65 Å². The number of pyridine rings is 1. The third kappa shape index (κ3) is 2.16. The monoisotopic (exact) mass is 301 g/mol. The summed E-state index contributed by atoms with van der Waals surface area (Å²) in [5.41, 5.74) is 0.573. The number of carbonyl (C=O) groups is 1. The molecule has 7 heteroatoms. The van der Waals surface area contributed by atoms with E-state index in [2.05, 4.69) is 31.2 Å². The SMILES string of the molecule is CC(O)C(=O)Nc1c[nH]c2ncc(Br)c(F)c12. The molecular formula is C10H9BrFN3O2. The van der Waals surface area contributed by atoms with Gasteiger partial charge >= 0.3 is 0 Å². The van der Waals surface area contributed by atoms with E-state index in [4.69, 9.17) is 5.11 Å². The minimum absolute atomic E-state index is 0.174. The van der Waals surface area contributed by atoms with E-state index >= 15 is 0 Å². The zero-order valence-corrected chi connectivity index (χ0v) is 10.4. The van der Waals surface area contributed by atoms with Gasteiger partial charge in [0.1, 0.15) is 11.8 Å². The molecule has 0 radical (unpaired) electrons. The Labute approximate surface area is 104 Å². The third-order valence-electron chi connectivity index (χ3n) is 2.23. The number of nitrogens with zero attached hydrogens (tertiary/aromatic N) is 1. The number of aliphatic hydroxyl groups is 1. The van der Waals surface area contributed by atoms with Crippen LogP contribution in [0.1, 0.15) is 6.92 Å². The van der Waals surface area contributed by atoms with Gasteiger partial charge < -0.3 is 15.4 Å². The van der Waals surface area contributed by atoms with Crippen LogP contribution in [0.2, 0.25) is 0 Å². The third-order valence-corrected chi connectivity index (χ3v) is 2.79. The number of H-pyrrole nitrogens is 1. The van der Waals surface area contributed by atoms with Gasteiger partial charge in [0, 0.05) is 12.4 Å². The van der Waals surface area contributed by atoms with Crippen LogP contribution in [-0.2, 0) is 4.79 Å². The van der Waals surface area contributed by atoms with Crippen molar-refractivity contribution >= 4 is 38.6 Å². The number of aromatic amines is 1. The van der Waals surface area contributed by atoms with Crippen molar-refractivity contribution in [3.63, 3.8) is 0 Å². The van der Waals surface area contributed by atoms with Gasteiger partial charge in [-0.25, -0.2) is 9.37 Å². The molecule has 0 bridgehead atoms. The van der Waals surface area contributed by atoms with Gasteiger partial charge in [-0.2, -0.15) is 0 Å². The van der Waals surface area contributed by atoms with Crippen LogP contribution in [-0.4, -0.2) is 27.1 Å². The summed E-state index contributed by atoms with van der Waals surface area (Å²) >= 11 is 3.02. The highest BCUT2D eigenvalue weighted by Gasteiger charge is 2.16. The molecule has 2 heterocycles. The zero-order chi connectivity index (χ0) is 12.6. The van der Waals surface area contributed by atoms with E-state index in [9.17, 15) is 9.18 Å². The number of rotatable bonds is 2. The van der Waals surface area contributed by atoms with E-state index < -0.39 is 17.8 Å². The lowest BCUT2D eigenvalue weighted by Crippen LogP contribution is -2.24. The molecule has 0 aliphatic rings. The van der Waals surface area contributed by atoms with E-state index in [1.54, 1.807) is 0 Å². The fraction of sp³-hybridized carbons (Fsp3) is 0.200. The van der Waals surface area contributed by atoms with Crippen molar-refractivity contribution in [3.05, 3.63) is 22.7 Å². The van der Waals surface area contributed by atoms with Gasteiger partial charge in [0.05, 0.1) is 15.5 Å². The van der Waals surface area contributed by atoms with Crippen molar-refractivity contribution in [2.45, 2.75) is 13.0 Å². The summed E-state index contributed by atoms with van der Waals surface area (Å²) < 4.78 is 14.0. The predicted molar refractivity (Wildman–Crippen MR) is 64.1 cm³/mol. The maximum atomic E-state index is 13.8. The lowest BCUT2D eigenvalue weighted by atomic mass is 10.3. The topological polar surface area (TPSA) is 78.0 Å². The number of halogens is 2. The minimum atomic E-state index is -1.16. The number of anilines is 1. The van der Waals surface area contributed by atoms with Crippen LogP contribution in [0.25, 0.3) is 11.0 Å². The van der Waals surface area contributed by atoms with Gasteiger partial charge in [0.2, 0.25) is 0 Å². The Morgan fingerprint density at radius 1 is 1.71 bits per heavy atom. The molecule has 90 valence electrons. The lowest BCUT2D eigenvalue weighted by Gasteiger charge is -2.06. The highest BCUT2D eigenvalue weighted by Crippen LogP contribution is 2.28. The van der Waals surface area contributed by atoms with Crippen molar-refractivity contribution in [2.24, 2.45) is 0 Å². The fourth-order valence-corrected chi connectivity index (χ4v) is 1.67. The Morgan fingerprint density at radius 3 is 3.06 bits per heavy atom. The van der Waals surface area contributed by atoms with Gasteiger partial charge in [-0.15, -0.1) is 0 Å². The van der Waals surface area contributed by atoms with E-state index in [-0.39, 0.29) is 15.5 Å². The second-order valence-electron chi connectivity index (χ2n) is 3.51. The molecule has 2 rings (SSSR count). The second-order valence-corrected chi connectivity index (χ2v) is 4.37. The highest BCUT2D eigenvalue weighted by molar-refractivity contribution is 9.10. The summed E-state index contributed by atoms with van der Waals surface area (Å²) in [6, 6.07) is 0. The lowest BCUT2D eigenvalue weighted by molar-refractivity contribution is -0.123. The first-order valence-electron chi connectivity index (χ1n) is 4.80. The molecule has 0 saturated carbocycles. The standard InChI is InChI=1S/C10H9BrFN3O2/c1-4(16)10(17)15-6-3-14-9-7(6)8(12)5(11)2-13-9/h2-4,16H,1H3,(H,13,14)(H,15,17). The van der Waals surface area contributed by atoms with E-state index in [1.807, 2.05) is 0 Å². The fourth-order valence-electron chi connectivity index (χ4n) is 1.37. The average molecular weight is 302 g/mol. The first-order chi connectivity index (χ1) is 8.00. The van der Waals surface area contributed by atoms with Crippen molar-refractivity contribution in [1.82, 2.24) is 9.97 Å². The Kier molecular flexibility index (Phi) is 3.12. The Morgan fingerprint density at radius 2 is 2.41 bits per heavy atom. The van der Waals surface area contributed by atoms with E-state index in [1.165, 1.54) is 19.3 Å². The second kappa shape index (κ2) is 4.42. The first-order valence-corrected chi connectivity index (χ1v) is 5.60. The molecule has 1 unspecified atom stereocenters. The number of hydrogen-bond donors (Lipinski definition) is 3. The molecule has 0 aliphatic carbocycles. The summed E-state index contributed by atoms with van der Waals surface area (Å²) in [5.74, 6) is -1.12. The van der Waals surface area contributed by atoms with Crippen LogP contribution >= 0.6 is 15.9 Å². The number of amides is 1. The molecule has 17 heavy (non-hydrogen) atoms. The maximum Gasteiger partial charge on any atom is 0.252 e. The van der Waals surface area contributed by atoms with Crippen LogP contribution in [0.3, 0.4) is 0 Å². The van der Waals surface area contributed by atoms with Gasteiger partial charge in [0.25, 0.3) is 5.91 Å². The number of aromatic nitrogens is 2. The molecule has 3 N–H and O–H groups in total. The number of nitrogens with one attached hydrogen (secondary N) is 2. The first kappa shape index (κ1) is 12.0. The summed E-state index contributed by atoms with van der Waals surface area (Å²) in [5, 5.41) is 11.7. The molecule has 2 aromatic rings. The number of hydrogen-bond acceptors (Lipinski definition) is 3. The van der Waals surface area contributed by atoms with Gasteiger partial charge in [-0.3, -0.25) is 4.79 Å². The Balaban J connectivity index is 2.48. The summed E-state index contributed by atoms with van der Waals surface area (Å²) in [6.45, 7) is 1.33. The summed E-state index contributed by atoms with van der Waals surface area (Å²) in [4.78, 5) is 18.0. The Bertz CT molecular complexity index is 582. The average Bonchev–Trinajstić information content (AvgIpc) is 2.67. The quantitative estimate of drug-likeness (QED) is 0.791. The van der Waals surface area contributed by atoms with Gasteiger partial charge in [-0.1, -0.05) is 0 Å². The molecule has 0 fully saturated rings. The largest absolute Gasteiger partial charge is 0.384 e. The van der Waals surface area contributed by atoms with Crippen LogP contribution < -0.4 is 5.32 Å². The molecule has 1 atom stereocenters. The van der Waals surface area contributed by atoms with Crippen LogP contribution in [0, 0.1) is 5.82 Å². The molecule has 5 nitrogen and oxygen atoms in total. The zero-order valence-electron chi connectivity index (χ0n) is 8.79. The molecule has 0 saturated heterocycles. The Hall–Kier alpha value is -1.47. The van der Waals surface area contributed by atoms with Crippen molar-refractivity contribution in [1.29, 1.82) is 0 Å². The maximum absolute atomic E-state index is 13.8. The number of fused-ring (bicyclic) bond motifs is 1. The van der Waals surface area contributed by atoms with Crippen LogP contribution in [0.4, 0.5) is 10.1 Å². The van der Waals surface area contributed by atoms with Crippen LogP contribution in [0.5, 0.6) is 0 Å². The number of carbonyl (C=O) groups excluding carboxylic acids is 1. The molecule has 0 aromatic carbocycles. The molecule has 1 amide bonds.